The van der Waals surface area contributed by atoms with Crippen molar-refractivity contribution in [3.8, 4) is 0 Å². The SMILES string of the molecule is Cc1ccc([C@H]2C3C(=O)N(c4cc(C)cc(C)c4)C(=O)[C@@]32C)cc1. The van der Waals surface area contributed by atoms with Gasteiger partial charge in [0.05, 0.1) is 17.0 Å². The number of rotatable bonds is 2. The predicted molar refractivity (Wildman–Crippen MR) is 93.9 cm³/mol. The molecule has 4 rings (SSSR count). The van der Waals surface area contributed by atoms with E-state index in [-0.39, 0.29) is 23.7 Å². The van der Waals surface area contributed by atoms with Crippen molar-refractivity contribution in [3.05, 3.63) is 64.7 Å². The Kier molecular flexibility index (Phi) is 3.02. The molecule has 1 unspecified atom stereocenters. The lowest BCUT2D eigenvalue weighted by Crippen LogP contribution is -2.36. The number of amides is 2. The molecule has 1 saturated carbocycles. The quantitative estimate of drug-likeness (QED) is 0.787. The molecule has 3 atom stereocenters. The number of hydrogen-bond acceptors (Lipinski definition) is 2. The summed E-state index contributed by atoms with van der Waals surface area (Å²) in [6, 6.07) is 14.1. The number of anilines is 1. The molecule has 1 aliphatic heterocycles. The van der Waals surface area contributed by atoms with Gasteiger partial charge in [-0.2, -0.15) is 0 Å². The van der Waals surface area contributed by atoms with E-state index in [0.29, 0.717) is 5.69 Å². The number of hydrogen-bond donors (Lipinski definition) is 0. The fraction of sp³-hybridized carbons (Fsp3) is 0.333. The Hall–Kier alpha value is -2.42. The zero-order valence-corrected chi connectivity index (χ0v) is 14.5. The van der Waals surface area contributed by atoms with Crippen LogP contribution in [-0.2, 0) is 9.59 Å². The van der Waals surface area contributed by atoms with Gasteiger partial charge in [-0.3, -0.25) is 9.59 Å². The van der Waals surface area contributed by atoms with Gasteiger partial charge >= 0.3 is 0 Å². The van der Waals surface area contributed by atoms with Crippen LogP contribution in [0.15, 0.2) is 42.5 Å². The number of nitrogens with zero attached hydrogens (tertiary/aromatic N) is 1. The number of imide groups is 1. The van der Waals surface area contributed by atoms with E-state index in [1.165, 1.54) is 10.5 Å². The zero-order valence-electron chi connectivity index (χ0n) is 14.5. The molecule has 122 valence electrons. The lowest BCUT2D eigenvalue weighted by molar-refractivity contribution is -0.125. The Morgan fingerprint density at radius 2 is 1.42 bits per heavy atom. The van der Waals surface area contributed by atoms with Crippen LogP contribution in [0.4, 0.5) is 5.69 Å². The summed E-state index contributed by atoms with van der Waals surface area (Å²) in [6.45, 7) is 7.95. The van der Waals surface area contributed by atoms with Crippen molar-refractivity contribution in [2.24, 2.45) is 11.3 Å². The van der Waals surface area contributed by atoms with Gasteiger partial charge in [0, 0.05) is 5.92 Å². The molecule has 2 fully saturated rings. The molecule has 1 heterocycles. The summed E-state index contributed by atoms with van der Waals surface area (Å²) in [7, 11) is 0. The van der Waals surface area contributed by atoms with Crippen LogP contribution in [0, 0.1) is 32.1 Å². The third-order valence-corrected chi connectivity index (χ3v) is 5.57. The third-order valence-electron chi connectivity index (χ3n) is 5.57. The average Bonchev–Trinajstić information content (AvgIpc) is 3.08. The van der Waals surface area contributed by atoms with Gasteiger partial charge in [-0.05, 0) is 56.5 Å². The van der Waals surface area contributed by atoms with Gasteiger partial charge in [0.15, 0.2) is 0 Å². The third kappa shape index (κ3) is 1.90. The van der Waals surface area contributed by atoms with Gasteiger partial charge in [0.25, 0.3) is 0 Å². The van der Waals surface area contributed by atoms with Crippen molar-refractivity contribution in [2.75, 3.05) is 4.90 Å². The molecule has 24 heavy (non-hydrogen) atoms. The van der Waals surface area contributed by atoms with Gasteiger partial charge in [0.1, 0.15) is 0 Å². The molecule has 0 bridgehead atoms. The predicted octanol–water partition coefficient (Wildman–Crippen LogP) is 3.90. The minimum Gasteiger partial charge on any atom is -0.274 e. The van der Waals surface area contributed by atoms with E-state index in [0.717, 1.165) is 16.7 Å². The summed E-state index contributed by atoms with van der Waals surface area (Å²) >= 11 is 0. The molecule has 0 N–H and O–H groups in total. The fourth-order valence-electron chi connectivity index (χ4n) is 4.29. The molecule has 3 nitrogen and oxygen atoms in total. The Morgan fingerprint density at radius 3 is 1.92 bits per heavy atom. The normalized spacial score (nSPS) is 28.2. The first kappa shape index (κ1) is 15.1. The molecule has 2 amide bonds. The van der Waals surface area contributed by atoms with Crippen molar-refractivity contribution >= 4 is 17.5 Å². The van der Waals surface area contributed by atoms with Crippen molar-refractivity contribution in [1.82, 2.24) is 0 Å². The minimum absolute atomic E-state index is 0.0141. The maximum Gasteiger partial charge on any atom is 0.241 e. The van der Waals surface area contributed by atoms with E-state index in [1.54, 1.807) is 0 Å². The summed E-state index contributed by atoms with van der Waals surface area (Å²) in [6.07, 6.45) is 0. The molecule has 0 radical (unpaired) electrons. The van der Waals surface area contributed by atoms with E-state index in [4.69, 9.17) is 0 Å². The number of benzene rings is 2. The monoisotopic (exact) mass is 319 g/mol. The highest BCUT2D eigenvalue weighted by Gasteiger charge is 2.76. The van der Waals surface area contributed by atoms with Crippen LogP contribution in [0.3, 0.4) is 0 Å². The van der Waals surface area contributed by atoms with Crippen LogP contribution in [-0.4, -0.2) is 11.8 Å². The van der Waals surface area contributed by atoms with E-state index in [1.807, 2.05) is 70.2 Å². The highest BCUT2D eigenvalue weighted by Crippen LogP contribution is 2.69. The maximum absolute atomic E-state index is 13.1. The van der Waals surface area contributed by atoms with Crippen LogP contribution < -0.4 is 4.90 Å². The van der Waals surface area contributed by atoms with Gasteiger partial charge in [-0.25, -0.2) is 4.90 Å². The Bertz CT molecular complexity index is 848. The second kappa shape index (κ2) is 4.79. The van der Waals surface area contributed by atoms with Gasteiger partial charge in [-0.15, -0.1) is 0 Å². The van der Waals surface area contributed by atoms with Crippen molar-refractivity contribution in [3.63, 3.8) is 0 Å². The molecule has 3 heteroatoms. The molecule has 2 aliphatic rings. The largest absolute Gasteiger partial charge is 0.274 e. The molecule has 1 saturated heterocycles. The van der Waals surface area contributed by atoms with E-state index in [9.17, 15) is 9.59 Å². The Labute approximate surface area is 142 Å². The zero-order chi connectivity index (χ0) is 17.2. The molecule has 0 spiro atoms. The first-order chi connectivity index (χ1) is 11.3. The van der Waals surface area contributed by atoms with E-state index in [2.05, 4.69) is 0 Å². The van der Waals surface area contributed by atoms with Crippen LogP contribution in [0.5, 0.6) is 0 Å². The lowest BCUT2D eigenvalue weighted by Gasteiger charge is -2.21. The summed E-state index contributed by atoms with van der Waals surface area (Å²) in [4.78, 5) is 27.4. The van der Waals surface area contributed by atoms with Crippen molar-refractivity contribution in [1.29, 1.82) is 0 Å². The Balaban J connectivity index is 1.70. The number of aryl methyl sites for hydroxylation is 3. The first-order valence-corrected chi connectivity index (χ1v) is 8.37. The molecular formula is C21H21NO2. The van der Waals surface area contributed by atoms with E-state index >= 15 is 0 Å². The van der Waals surface area contributed by atoms with Crippen LogP contribution in [0.1, 0.15) is 35.1 Å². The second-order valence-corrected chi connectivity index (χ2v) is 7.47. The Morgan fingerprint density at radius 1 is 0.833 bits per heavy atom. The van der Waals surface area contributed by atoms with Gasteiger partial charge < -0.3 is 0 Å². The van der Waals surface area contributed by atoms with E-state index < -0.39 is 5.41 Å². The number of piperidine rings is 1. The smallest absolute Gasteiger partial charge is 0.241 e. The average molecular weight is 319 g/mol. The highest BCUT2D eigenvalue weighted by atomic mass is 16.2. The minimum atomic E-state index is -0.593. The second-order valence-electron chi connectivity index (χ2n) is 7.47. The number of carbonyl (C=O) groups is 2. The maximum atomic E-state index is 13.1. The van der Waals surface area contributed by atoms with Crippen LogP contribution in [0.25, 0.3) is 0 Å². The molecule has 2 aromatic carbocycles. The molecule has 1 aliphatic carbocycles. The van der Waals surface area contributed by atoms with Crippen molar-refractivity contribution in [2.45, 2.75) is 33.6 Å². The number of fused-ring (bicyclic) bond motifs is 1. The van der Waals surface area contributed by atoms with Crippen LogP contribution in [0.2, 0.25) is 0 Å². The van der Waals surface area contributed by atoms with Crippen molar-refractivity contribution < 1.29 is 9.59 Å². The highest BCUT2D eigenvalue weighted by molar-refractivity contribution is 6.27. The van der Waals surface area contributed by atoms with Crippen LogP contribution >= 0.6 is 0 Å². The number of carbonyl (C=O) groups excluding carboxylic acids is 2. The summed E-state index contributed by atoms with van der Waals surface area (Å²) in [5.74, 6) is -0.333. The molecular weight excluding hydrogens is 298 g/mol. The summed E-state index contributed by atoms with van der Waals surface area (Å²) < 4.78 is 0. The molecule has 0 aromatic heterocycles. The summed E-state index contributed by atoms with van der Waals surface area (Å²) in [5.41, 5.74) is 4.51. The lowest BCUT2D eigenvalue weighted by atomic mass is 9.98. The first-order valence-electron chi connectivity index (χ1n) is 8.37. The molecule has 2 aromatic rings. The van der Waals surface area contributed by atoms with Gasteiger partial charge in [0.2, 0.25) is 11.8 Å². The standard InChI is InChI=1S/C21H21NO2/c1-12-5-7-15(8-6-12)17-18-19(23)22(20(24)21(17,18)4)16-10-13(2)9-14(3)11-16/h5-11,17-18H,1-4H3/t17-,18?,21+/m0/s1. The summed E-state index contributed by atoms with van der Waals surface area (Å²) in [5, 5.41) is 0. The van der Waals surface area contributed by atoms with Gasteiger partial charge in [-0.1, -0.05) is 35.9 Å². The topological polar surface area (TPSA) is 37.4 Å². The fourth-order valence-corrected chi connectivity index (χ4v) is 4.29.